The predicted octanol–water partition coefficient (Wildman–Crippen LogP) is 3.36. The van der Waals surface area contributed by atoms with Crippen molar-refractivity contribution >= 4 is 29.4 Å². The van der Waals surface area contributed by atoms with E-state index in [4.69, 9.17) is 16.9 Å². The fourth-order valence-electron chi connectivity index (χ4n) is 2.43. The summed E-state index contributed by atoms with van der Waals surface area (Å²) in [6.07, 6.45) is 2.83. The van der Waals surface area contributed by atoms with Gasteiger partial charge in [0.15, 0.2) is 0 Å². The lowest BCUT2D eigenvalue weighted by Crippen LogP contribution is -2.02. The van der Waals surface area contributed by atoms with Crippen molar-refractivity contribution in [2.75, 3.05) is 16.8 Å². The van der Waals surface area contributed by atoms with Crippen LogP contribution in [0.2, 0.25) is 0 Å². The molecule has 1 aromatic heterocycles. The van der Waals surface area contributed by atoms with Crippen molar-refractivity contribution in [3.8, 4) is 11.1 Å². The van der Waals surface area contributed by atoms with Gasteiger partial charge in [0.1, 0.15) is 5.82 Å². The summed E-state index contributed by atoms with van der Waals surface area (Å²) in [5.41, 5.74) is 16.8. The molecule has 0 unspecified atom stereocenters. The SMILES string of the molecule is Cc1ccc(-c2cc(Nc3ccnc(N)n3)cc(C=N)c2N)cc1. The summed E-state index contributed by atoms with van der Waals surface area (Å²) in [5, 5.41) is 10.8. The Kier molecular flexibility index (Phi) is 4.11. The summed E-state index contributed by atoms with van der Waals surface area (Å²) < 4.78 is 0. The van der Waals surface area contributed by atoms with Crippen molar-refractivity contribution in [1.29, 1.82) is 5.41 Å². The lowest BCUT2D eigenvalue weighted by Gasteiger charge is -2.13. The van der Waals surface area contributed by atoms with E-state index < -0.39 is 0 Å². The van der Waals surface area contributed by atoms with E-state index in [9.17, 15) is 0 Å². The largest absolute Gasteiger partial charge is 0.398 e. The topological polar surface area (TPSA) is 114 Å². The Morgan fingerprint density at radius 3 is 2.50 bits per heavy atom. The fourth-order valence-corrected chi connectivity index (χ4v) is 2.43. The minimum Gasteiger partial charge on any atom is -0.398 e. The third-order valence-corrected chi connectivity index (χ3v) is 3.68. The molecule has 0 radical (unpaired) electrons. The van der Waals surface area contributed by atoms with Crippen LogP contribution in [-0.2, 0) is 0 Å². The minimum absolute atomic E-state index is 0.196. The zero-order valence-electron chi connectivity index (χ0n) is 13.2. The first kappa shape index (κ1) is 15.5. The summed E-state index contributed by atoms with van der Waals surface area (Å²) in [6, 6.07) is 13.6. The lowest BCUT2D eigenvalue weighted by atomic mass is 9.98. The molecule has 0 aliphatic heterocycles. The molecule has 1 heterocycles. The van der Waals surface area contributed by atoms with Crippen molar-refractivity contribution < 1.29 is 0 Å². The van der Waals surface area contributed by atoms with Gasteiger partial charge in [-0.2, -0.15) is 4.98 Å². The van der Waals surface area contributed by atoms with Gasteiger partial charge < -0.3 is 22.2 Å². The average Bonchev–Trinajstić information content (AvgIpc) is 2.57. The highest BCUT2D eigenvalue weighted by Crippen LogP contribution is 2.32. The number of rotatable bonds is 4. The van der Waals surface area contributed by atoms with E-state index in [0.29, 0.717) is 17.1 Å². The van der Waals surface area contributed by atoms with Crippen LogP contribution in [-0.4, -0.2) is 16.2 Å². The number of nitrogens with one attached hydrogen (secondary N) is 2. The van der Waals surface area contributed by atoms with Crippen molar-refractivity contribution in [2.24, 2.45) is 0 Å². The first-order valence-corrected chi connectivity index (χ1v) is 7.43. The predicted molar refractivity (Wildman–Crippen MR) is 98.6 cm³/mol. The maximum Gasteiger partial charge on any atom is 0.221 e. The number of benzene rings is 2. The summed E-state index contributed by atoms with van der Waals surface area (Å²) >= 11 is 0. The van der Waals surface area contributed by atoms with Crippen LogP contribution in [0, 0.1) is 12.3 Å². The molecule has 3 aromatic rings. The normalized spacial score (nSPS) is 10.4. The van der Waals surface area contributed by atoms with Crippen LogP contribution in [0.5, 0.6) is 0 Å². The molecule has 0 saturated heterocycles. The Balaban J connectivity index is 2.06. The van der Waals surface area contributed by atoms with Gasteiger partial charge >= 0.3 is 0 Å². The highest BCUT2D eigenvalue weighted by molar-refractivity contribution is 5.95. The average molecular weight is 318 g/mol. The van der Waals surface area contributed by atoms with E-state index in [0.717, 1.165) is 16.8 Å². The molecule has 0 saturated carbocycles. The van der Waals surface area contributed by atoms with E-state index in [1.54, 1.807) is 18.3 Å². The van der Waals surface area contributed by atoms with Gasteiger partial charge in [0, 0.05) is 34.9 Å². The molecule has 6 N–H and O–H groups in total. The maximum absolute atomic E-state index is 7.61. The number of aryl methyl sites for hydroxylation is 1. The molecule has 0 fully saturated rings. The summed E-state index contributed by atoms with van der Waals surface area (Å²) in [5.74, 6) is 0.777. The van der Waals surface area contributed by atoms with Crippen LogP contribution >= 0.6 is 0 Å². The molecule has 0 amide bonds. The summed E-state index contributed by atoms with van der Waals surface area (Å²) in [4.78, 5) is 8.00. The Bertz CT molecular complexity index is 887. The number of anilines is 4. The lowest BCUT2D eigenvalue weighted by molar-refractivity contribution is 1.18. The van der Waals surface area contributed by atoms with Crippen molar-refractivity contribution in [3.63, 3.8) is 0 Å². The quantitative estimate of drug-likeness (QED) is 0.435. The molecular formula is C18H18N6. The van der Waals surface area contributed by atoms with Crippen LogP contribution in [0.15, 0.2) is 48.7 Å². The number of nitrogen functional groups attached to an aromatic ring is 2. The van der Waals surface area contributed by atoms with Gasteiger partial charge in [0.2, 0.25) is 5.95 Å². The molecule has 3 rings (SSSR count). The summed E-state index contributed by atoms with van der Waals surface area (Å²) in [6.45, 7) is 2.04. The molecule has 0 aliphatic carbocycles. The van der Waals surface area contributed by atoms with E-state index in [-0.39, 0.29) is 5.95 Å². The first-order chi connectivity index (χ1) is 11.6. The molecule has 2 aromatic carbocycles. The van der Waals surface area contributed by atoms with Gasteiger partial charge in [-0.05, 0) is 30.7 Å². The highest BCUT2D eigenvalue weighted by atomic mass is 15.1. The van der Waals surface area contributed by atoms with E-state index in [1.807, 2.05) is 37.3 Å². The van der Waals surface area contributed by atoms with Gasteiger partial charge in [-0.15, -0.1) is 0 Å². The van der Waals surface area contributed by atoms with Gasteiger partial charge in [-0.3, -0.25) is 0 Å². The van der Waals surface area contributed by atoms with Crippen LogP contribution in [0.1, 0.15) is 11.1 Å². The molecular weight excluding hydrogens is 300 g/mol. The van der Waals surface area contributed by atoms with Gasteiger partial charge in [0.05, 0.1) is 0 Å². The molecule has 0 bridgehead atoms. The third kappa shape index (κ3) is 3.17. The molecule has 0 spiro atoms. The van der Waals surface area contributed by atoms with Crippen LogP contribution in [0.3, 0.4) is 0 Å². The van der Waals surface area contributed by atoms with Crippen molar-refractivity contribution in [2.45, 2.75) is 6.92 Å². The number of hydrogen-bond acceptors (Lipinski definition) is 6. The smallest absolute Gasteiger partial charge is 0.221 e. The third-order valence-electron chi connectivity index (χ3n) is 3.68. The standard InChI is InChI=1S/C18H18N6/c1-11-2-4-12(5-3-11)15-9-14(8-13(10-19)17(15)20)23-16-6-7-22-18(21)24-16/h2-10,19H,20H2,1H3,(H3,21,22,23,24). The second-order valence-corrected chi connectivity index (χ2v) is 5.46. The van der Waals surface area contributed by atoms with E-state index >= 15 is 0 Å². The second-order valence-electron chi connectivity index (χ2n) is 5.46. The van der Waals surface area contributed by atoms with Gasteiger partial charge in [-0.1, -0.05) is 29.8 Å². The van der Waals surface area contributed by atoms with Crippen LogP contribution in [0.25, 0.3) is 11.1 Å². The van der Waals surface area contributed by atoms with Gasteiger partial charge in [0.25, 0.3) is 0 Å². The van der Waals surface area contributed by atoms with Crippen molar-refractivity contribution in [3.05, 3.63) is 59.8 Å². The van der Waals surface area contributed by atoms with E-state index in [1.165, 1.54) is 11.8 Å². The number of aromatic nitrogens is 2. The Hall–Kier alpha value is -3.41. The molecule has 24 heavy (non-hydrogen) atoms. The molecule has 120 valence electrons. The Morgan fingerprint density at radius 1 is 1.08 bits per heavy atom. The highest BCUT2D eigenvalue weighted by Gasteiger charge is 2.10. The zero-order chi connectivity index (χ0) is 17.1. The molecule has 0 aliphatic rings. The zero-order valence-corrected chi connectivity index (χ0v) is 13.2. The number of hydrogen-bond donors (Lipinski definition) is 4. The Labute approximate surface area is 140 Å². The Morgan fingerprint density at radius 2 is 1.83 bits per heavy atom. The molecule has 6 nitrogen and oxygen atoms in total. The van der Waals surface area contributed by atoms with Crippen LogP contribution in [0.4, 0.5) is 23.1 Å². The number of nitrogens with zero attached hydrogens (tertiary/aromatic N) is 2. The molecule has 6 heteroatoms. The van der Waals surface area contributed by atoms with Crippen LogP contribution < -0.4 is 16.8 Å². The fraction of sp³-hybridized carbons (Fsp3) is 0.0556. The number of nitrogens with two attached hydrogens (primary N) is 2. The summed E-state index contributed by atoms with van der Waals surface area (Å²) in [7, 11) is 0. The maximum atomic E-state index is 7.61. The van der Waals surface area contributed by atoms with Gasteiger partial charge in [-0.25, -0.2) is 4.98 Å². The second kappa shape index (κ2) is 6.37. The van der Waals surface area contributed by atoms with E-state index in [2.05, 4.69) is 15.3 Å². The van der Waals surface area contributed by atoms with Crippen molar-refractivity contribution in [1.82, 2.24) is 9.97 Å². The monoisotopic (exact) mass is 318 g/mol. The first-order valence-electron chi connectivity index (χ1n) is 7.43. The minimum atomic E-state index is 0.196. The molecule has 0 atom stereocenters.